The van der Waals surface area contributed by atoms with Gasteiger partial charge in [0, 0.05) is 39.0 Å². The van der Waals surface area contributed by atoms with Gasteiger partial charge in [0.2, 0.25) is 5.91 Å². The molecule has 0 radical (unpaired) electrons. The third kappa shape index (κ3) is 19.7. The third-order valence-electron chi connectivity index (χ3n) is 2.76. The van der Waals surface area contributed by atoms with Crippen molar-refractivity contribution in [3.63, 3.8) is 0 Å². The van der Waals surface area contributed by atoms with Crippen LogP contribution in [0.4, 0.5) is 0 Å². The maximum Gasteiger partial charge on any atom is 0.296 e. The van der Waals surface area contributed by atoms with E-state index in [1.807, 2.05) is 11.9 Å². The number of carbonyl (C=O) groups is 2. The molecule has 5 nitrogen and oxygen atoms in total. The molecule has 0 aliphatic rings. The van der Waals surface area contributed by atoms with Crippen molar-refractivity contribution >= 4 is 11.8 Å². The molecule has 0 aliphatic heterocycles. The maximum absolute atomic E-state index is 11.5. The van der Waals surface area contributed by atoms with Crippen LogP contribution in [0.2, 0.25) is 0 Å². The molecule has 5 heteroatoms. The lowest BCUT2D eigenvalue weighted by Crippen LogP contribution is -2.36. The second kappa shape index (κ2) is 19.2. The van der Waals surface area contributed by atoms with Gasteiger partial charge in [0.15, 0.2) is 0 Å². The number of nitrogens with zero attached hydrogens (tertiary/aromatic N) is 1. The molecule has 0 unspecified atom stereocenters. The molecule has 0 aromatic heterocycles. The van der Waals surface area contributed by atoms with E-state index in [0.29, 0.717) is 26.2 Å². The Hall–Kier alpha value is -4.62. The van der Waals surface area contributed by atoms with Crippen molar-refractivity contribution in [1.82, 2.24) is 15.5 Å². The molecule has 0 fully saturated rings. The van der Waals surface area contributed by atoms with Crippen LogP contribution in [0, 0.1) is 94.7 Å². The van der Waals surface area contributed by atoms with E-state index in [2.05, 4.69) is 105 Å². The first-order valence-electron chi connectivity index (χ1n) is 8.70. The Morgan fingerprint density at radius 2 is 1.07 bits per heavy atom. The average molecular weight is 393 g/mol. The number of hydrogen-bond acceptors (Lipinski definition) is 3. The van der Waals surface area contributed by atoms with Crippen molar-refractivity contribution in [2.45, 2.75) is 13.8 Å². The van der Waals surface area contributed by atoms with Gasteiger partial charge in [-0.1, -0.05) is 5.92 Å². The molecule has 0 saturated carbocycles. The smallest absolute Gasteiger partial charge is 0.296 e. The highest BCUT2D eigenvalue weighted by atomic mass is 16.2. The first-order valence-corrected chi connectivity index (χ1v) is 8.70. The quantitative estimate of drug-likeness (QED) is 0.582. The zero-order valence-electron chi connectivity index (χ0n) is 17.1. The van der Waals surface area contributed by atoms with Crippen molar-refractivity contribution in [2.75, 3.05) is 33.2 Å². The number of likely N-dealkylation sites (N-methyl/N-ethyl adjacent to an activating group) is 1. The molecule has 0 bridgehead atoms. The van der Waals surface area contributed by atoms with E-state index in [0.717, 1.165) is 0 Å². The van der Waals surface area contributed by atoms with E-state index in [-0.39, 0.29) is 5.91 Å². The first-order chi connectivity index (χ1) is 14.6. The summed E-state index contributed by atoms with van der Waals surface area (Å²) in [4.78, 5) is 24.3. The van der Waals surface area contributed by atoms with Crippen molar-refractivity contribution < 1.29 is 9.59 Å². The highest BCUT2D eigenvalue weighted by Gasteiger charge is 2.00. The van der Waals surface area contributed by atoms with E-state index in [9.17, 15) is 9.59 Å². The molecule has 0 saturated heterocycles. The van der Waals surface area contributed by atoms with E-state index >= 15 is 0 Å². The summed E-state index contributed by atoms with van der Waals surface area (Å²) in [6.45, 7) is 5.49. The molecule has 0 heterocycles. The van der Waals surface area contributed by atoms with Gasteiger partial charge in [0.1, 0.15) is 0 Å². The van der Waals surface area contributed by atoms with Crippen LogP contribution in [0.5, 0.6) is 0 Å². The van der Waals surface area contributed by atoms with Gasteiger partial charge in [-0.05, 0) is 96.9 Å². The summed E-state index contributed by atoms with van der Waals surface area (Å²) in [6, 6.07) is 0. The Morgan fingerprint density at radius 1 is 0.667 bits per heavy atom. The topological polar surface area (TPSA) is 61.4 Å². The molecular weight excluding hydrogens is 374 g/mol. The van der Waals surface area contributed by atoms with Crippen LogP contribution in [-0.2, 0) is 9.59 Å². The van der Waals surface area contributed by atoms with Crippen LogP contribution in [-0.4, -0.2) is 49.9 Å². The van der Waals surface area contributed by atoms with Gasteiger partial charge < -0.3 is 15.5 Å². The summed E-state index contributed by atoms with van der Waals surface area (Å²) in [7, 11) is 1.89. The second-order valence-corrected chi connectivity index (χ2v) is 5.17. The van der Waals surface area contributed by atoms with Gasteiger partial charge in [-0.25, -0.2) is 0 Å². The number of nitrogens with one attached hydrogen (secondary N) is 2. The van der Waals surface area contributed by atoms with E-state index in [1.54, 1.807) is 6.92 Å². The van der Waals surface area contributed by atoms with Crippen LogP contribution in [0.1, 0.15) is 13.8 Å². The fourth-order valence-electron chi connectivity index (χ4n) is 1.46. The summed E-state index contributed by atoms with van der Waals surface area (Å²) in [5, 5.41) is 5.36. The molecular formula is C25H19N3O2. The van der Waals surface area contributed by atoms with Gasteiger partial charge in [-0.15, -0.1) is 0 Å². The van der Waals surface area contributed by atoms with E-state index < -0.39 is 5.91 Å². The van der Waals surface area contributed by atoms with E-state index in [4.69, 9.17) is 0 Å². The van der Waals surface area contributed by atoms with Gasteiger partial charge in [-0.3, -0.25) is 9.59 Å². The molecule has 2 amide bonds. The Bertz CT molecular complexity index is 1120. The molecule has 0 atom stereocenters. The summed E-state index contributed by atoms with van der Waals surface area (Å²) in [5.41, 5.74) is 0. The summed E-state index contributed by atoms with van der Waals surface area (Å²) >= 11 is 0. The van der Waals surface area contributed by atoms with Crippen molar-refractivity contribution in [3.8, 4) is 94.7 Å². The highest BCUT2D eigenvalue weighted by Crippen LogP contribution is 1.79. The minimum absolute atomic E-state index is 0.0658. The lowest BCUT2D eigenvalue weighted by Gasteiger charge is -2.16. The van der Waals surface area contributed by atoms with Gasteiger partial charge in [-0.2, -0.15) is 0 Å². The molecule has 2 N–H and O–H groups in total. The van der Waals surface area contributed by atoms with Crippen LogP contribution in [0.15, 0.2) is 0 Å². The highest BCUT2D eigenvalue weighted by molar-refractivity contribution is 5.94. The standard InChI is InChI=1S/C25H19N3O2/c1-4-5-6-7-8-9-10-11-12-13-14-15-16-17-18-19-25(30)27-21-23-28(3)22-20-26-24(2)29/h20-23H2,1-3H3,(H,26,29)(H,27,30). The molecule has 0 aliphatic carbocycles. The third-order valence-corrected chi connectivity index (χ3v) is 2.76. The first kappa shape index (κ1) is 25.4. The lowest BCUT2D eigenvalue weighted by molar-refractivity contribution is -0.119. The zero-order valence-corrected chi connectivity index (χ0v) is 17.1. The zero-order chi connectivity index (χ0) is 22.3. The van der Waals surface area contributed by atoms with Crippen molar-refractivity contribution in [2.24, 2.45) is 0 Å². The predicted molar refractivity (Wildman–Crippen MR) is 117 cm³/mol. The van der Waals surface area contributed by atoms with Gasteiger partial charge in [0.05, 0.1) is 0 Å². The minimum atomic E-state index is -0.421. The summed E-state index contributed by atoms with van der Waals surface area (Å²) < 4.78 is 0. The Kier molecular flexibility index (Phi) is 16.2. The van der Waals surface area contributed by atoms with Crippen LogP contribution in [0.3, 0.4) is 0 Å². The SMILES string of the molecule is CC#CC#CC#CC#CC#CC#CC#CC#CC(=O)NCCN(C)CCNC(C)=O. The molecule has 30 heavy (non-hydrogen) atoms. The largest absolute Gasteiger partial charge is 0.355 e. The van der Waals surface area contributed by atoms with Crippen LogP contribution >= 0.6 is 0 Å². The Labute approximate surface area is 179 Å². The normalized spacial score (nSPS) is 6.80. The van der Waals surface area contributed by atoms with Gasteiger partial charge >= 0.3 is 0 Å². The van der Waals surface area contributed by atoms with E-state index in [1.165, 1.54) is 6.92 Å². The number of carbonyl (C=O) groups excluding carboxylic acids is 2. The predicted octanol–water partition coefficient (Wildman–Crippen LogP) is -0.782. The fourth-order valence-corrected chi connectivity index (χ4v) is 1.46. The lowest BCUT2D eigenvalue weighted by atomic mass is 10.4. The second-order valence-electron chi connectivity index (χ2n) is 5.17. The number of amides is 2. The molecule has 0 aromatic rings. The van der Waals surface area contributed by atoms with Crippen molar-refractivity contribution in [3.05, 3.63) is 0 Å². The fraction of sp³-hybridized carbons (Fsp3) is 0.280. The monoisotopic (exact) mass is 393 g/mol. The minimum Gasteiger partial charge on any atom is -0.355 e. The average Bonchev–Trinajstić information content (AvgIpc) is 2.70. The number of rotatable bonds is 6. The molecule has 146 valence electrons. The molecule has 0 aromatic carbocycles. The summed E-state index contributed by atoms with van der Waals surface area (Å²) in [6.07, 6.45) is 0. The van der Waals surface area contributed by atoms with Crippen LogP contribution < -0.4 is 10.6 Å². The summed E-state index contributed by atoms with van der Waals surface area (Å²) in [5.74, 6) is 39.3. The Morgan fingerprint density at radius 3 is 1.50 bits per heavy atom. The van der Waals surface area contributed by atoms with Crippen molar-refractivity contribution in [1.29, 1.82) is 0 Å². The maximum atomic E-state index is 11.5. The van der Waals surface area contributed by atoms with Crippen LogP contribution in [0.25, 0.3) is 0 Å². The van der Waals surface area contributed by atoms with Gasteiger partial charge in [0.25, 0.3) is 5.91 Å². The Balaban J connectivity index is 4.18. The number of hydrogen-bond donors (Lipinski definition) is 2. The molecule has 0 rings (SSSR count). The molecule has 0 spiro atoms.